The Morgan fingerprint density at radius 2 is 1.59 bits per heavy atom. The smallest absolute Gasteiger partial charge is 0.272 e. The zero-order valence-electron chi connectivity index (χ0n) is 15.7. The Labute approximate surface area is 160 Å². The number of amides is 1. The molecule has 2 aromatic carbocycles. The fourth-order valence-corrected chi connectivity index (χ4v) is 2.85. The second kappa shape index (κ2) is 8.94. The molecule has 1 amide bonds. The Kier molecular flexibility index (Phi) is 6.15. The van der Waals surface area contributed by atoms with Crippen molar-refractivity contribution >= 4 is 11.9 Å². The average molecular weight is 360 g/mol. The molecule has 0 aliphatic rings. The van der Waals surface area contributed by atoms with Crippen LogP contribution >= 0.6 is 0 Å². The summed E-state index contributed by atoms with van der Waals surface area (Å²) in [5.74, 6) is 0.373. The SMILES string of the molecule is Cc1cc(C(=O)N(C)Cc2ccccc2)nc(NCCc2ccccc2)n1. The number of rotatable bonds is 7. The van der Waals surface area contributed by atoms with Gasteiger partial charge >= 0.3 is 0 Å². The second-order valence-electron chi connectivity index (χ2n) is 6.53. The zero-order valence-corrected chi connectivity index (χ0v) is 15.7. The minimum absolute atomic E-state index is 0.115. The van der Waals surface area contributed by atoms with Gasteiger partial charge in [-0.2, -0.15) is 0 Å². The number of aromatic nitrogens is 2. The van der Waals surface area contributed by atoms with E-state index in [2.05, 4.69) is 27.4 Å². The second-order valence-corrected chi connectivity index (χ2v) is 6.53. The number of hydrogen-bond acceptors (Lipinski definition) is 4. The molecule has 5 nitrogen and oxygen atoms in total. The van der Waals surface area contributed by atoms with E-state index in [0.29, 0.717) is 24.7 Å². The van der Waals surface area contributed by atoms with Gasteiger partial charge in [0.25, 0.3) is 5.91 Å². The molecule has 3 aromatic rings. The number of aryl methyl sites for hydroxylation is 1. The maximum atomic E-state index is 12.8. The maximum absolute atomic E-state index is 12.8. The van der Waals surface area contributed by atoms with Gasteiger partial charge in [-0.15, -0.1) is 0 Å². The van der Waals surface area contributed by atoms with Crippen molar-refractivity contribution in [1.29, 1.82) is 0 Å². The van der Waals surface area contributed by atoms with Gasteiger partial charge < -0.3 is 10.2 Å². The first-order valence-corrected chi connectivity index (χ1v) is 9.04. The highest BCUT2D eigenvalue weighted by molar-refractivity contribution is 5.92. The molecule has 0 unspecified atom stereocenters. The van der Waals surface area contributed by atoms with Gasteiger partial charge in [-0.25, -0.2) is 9.97 Å². The third kappa shape index (κ3) is 5.38. The van der Waals surface area contributed by atoms with Crippen molar-refractivity contribution in [2.45, 2.75) is 19.9 Å². The molecular weight excluding hydrogens is 336 g/mol. The van der Waals surface area contributed by atoms with E-state index in [1.807, 2.05) is 55.5 Å². The molecule has 138 valence electrons. The van der Waals surface area contributed by atoms with E-state index >= 15 is 0 Å². The van der Waals surface area contributed by atoms with E-state index in [-0.39, 0.29) is 5.91 Å². The predicted molar refractivity (Wildman–Crippen MR) is 108 cm³/mol. The number of carbonyl (C=O) groups is 1. The first-order chi connectivity index (χ1) is 13.1. The van der Waals surface area contributed by atoms with Crippen LogP contribution in [0.15, 0.2) is 66.7 Å². The molecule has 1 N–H and O–H groups in total. The minimum Gasteiger partial charge on any atom is -0.354 e. The molecule has 0 fully saturated rings. The summed E-state index contributed by atoms with van der Waals surface area (Å²) < 4.78 is 0. The van der Waals surface area contributed by atoms with E-state index in [4.69, 9.17) is 0 Å². The van der Waals surface area contributed by atoms with E-state index in [1.165, 1.54) is 5.56 Å². The van der Waals surface area contributed by atoms with E-state index in [0.717, 1.165) is 17.7 Å². The van der Waals surface area contributed by atoms with Gasteiger partial charge in [0.15, 0.2) is 0 Å². The average Bonchev–Trinajstić information content (AvgIpc) is 2.68. The lowest BCUT2D eigenvalue weighted by Crippen LogP contribution is -2.27. The van der Waals surface area contributed by atoms with E-state index in [1.54, 1.807) is 18.0 Å². The number of nitrogens with zero attached hydrogens (tertiary/aromatic N) is 3. The lowest BCUT2D eigenvalue weighted by molar-refractivity contribution is 0.0779. The third-order valence-corrected chi connectivity index (χ3v) is 4.22. The van der Waals surface area contributed by atoms with Crippen LogP contribution in [0.4, 0.5) is 5.95 Å². The van der Waals surface area contributed by atoms with Crippen molar-refractivity contribution < 1.29 is 4.79 Å². The monoisotopic (exact) mass is 360 g/mol. The lowest BCUT2D eigenvalue weighted by atomic mass is 10.1. The molecule has 0 atom stereocenters. The summed E-state index contributed by atoms with van der Waals surface area (Å²) in [7, 11) is 1.79. The fourth-order valence-electron chi connectivity index (χ4n) is 2.85. The number of hydrogen-bond donors (Lipinski definition) is 1. The van der Waals surface area contributed by atoms with Crippen molar-refractivity contribution in [3.8, 4) is 0 Å². The summed E-state index contributed by atoms with van der Waals surface area (Å²) >= 11 is 0. The number of nitrogens with one attached hydrogen (secondary N) is 1. The van der Waals surface area contributed by atoms with Crippen LogP contribution in [0.25, 0.3) is 0 Å². The Balaban J connectivity index is 1.64. The van der Waals surface area contributed by atoms with Crippen LogP contribution in [0.1, 0.15) is 27.3 Å². The van der Waals surface area contributed by atoms with Crippen LogP contribution in [0.5, 0.6) is 0 Å². The number of anilines is 1. The molecule has 0 radical (unpaired) electrons. The van der Waals surface area contributed by atoms with Gasteiger partial charge in [0, 0.05) is 25.8 Å². The highest BCUT2D eigenvalue weighted by Crippen LogP contribution is 2.10. The Morgan fingerprint density at radius 3 is 2.26 bits per heavy atom. The van der Waals surface area contributed by atoms with Crippen molar-refractivity contribution in [2.75, 3.05) is 18.9 Å². The first kappa shape index (κ1) is 18.6. The molecule has 5 heteroatoms. The van der Waals surface area contributed by atoms with Gasteiger partial charge in [-0.05, 0) is 30.5 Å². The Morgan fingerprint density at radius 1 is 0.963 bits per heavy atom. The molecule has 3 rings (SSSR count). The fraction of sp³-hybridized carbons (Fsp3) is 0.227. The quantitative estimate of drug-likeness (QED) is 0.698. The Bertz CT molecular complexity index is 881. The topological polar surface area (TPSA) is 58.1 Å². The van der Waals surface area contributed by atoms with Gasteiger partial charge in [-0.3, -0.25) is 4.79 Å². The molecule has 0 spiro atoms. The van der Waals surface area contributed by atoms with Crippen LogP contribution in [-0.2, 0) is 13.0 Å². The molecule has 0 saturated carbocycles. The number of carbonyl (C=O) groups excluding carboxylic acids is 1. The molecule has 0 bridgehead atoms. The van der Waals surface area contributed by atoms with Gasteiger partial charge in [0.1, 0.15) is 5.69 Å². The molecule has 27 heavy (non-hydrogen) atoms. The molecule has 1 aromatic heterocycles. The van der Waals surface area contributed by atoms with E-state index in [9.17, 15) is 4.79 Å². The normalized spacial score (nSPS) is 10.4. The Hall–Kier alpha value is -3.21. The van der Waals surface area contributed by atoms with Crippen molar-refractivity contribution in [3.63, 3.8) is 0 Å². The highest BCUT2D eigenvalue weighted by atomic mass is 16.2. The molecule has 1 heterocycles. The van der Waals surface area contributed by atoms with E-state index < -0.39 is 0 Å². The molecule has 0 aliphatic carbocycles. The van der Waals surface area contributed by atoms with Crippen LogP contribution < -0.4 is 5.32 Å². The summed E-state index contributed by atoms with van der Waals surface area (Å²) in [5.41, 5.74) is 3.50. The molecule has 0 saturated heterocycles. The maximum Gasteiger partial charge on any atom is 0.272 e. The van der Waals surface area contributed by atoms with Crippen molar-refractivity contribution in [1.82, 2.24) is 14.9 Å². The first-order valence-electron chi connectivity index (χ1n) is 9.04. The van der Waals surface area contributed by atoms with Crippen LogP contribution in [0, 0.1) is 6.92 Å². The van der Waals surface area contributed by atoms with Gasteiger partial charge in [0.2, 0.25) is 5.95 Å². The zero-order chi connectivity index (χ0) is 19.1. The summed E-state index contributed by atoms with van der Waals surface area (Å²) in [4.78, 5) is 23.2. The summed E-state index contributed by atoms with van der Waals surface area (Å²) in [6, 6.07) is 21.9. The van der Waals surface area contributed by atoms with Crippen molar-refractivity contribution in [3.05, 3.63) is 89.2 Å². The van der Waals surface area contributed by atoms with Crippen LogP contribution in [0.2, 0.25) is 0 Å². The van der Waals surface area contributed by atoms with Crippen LogP contribution in [-0.4, -0.2) is 34.4 Å². The predicted octanol–water partition coefficient (Wildman–Crippen LogP) is 3.71. The van der Waals surface area contributed by atoms with Gasteiger partial charge in [-0.1, -0.05) is 60.7 Å². The largest absolute Gasteiger partial charge is 0.354 e. The summed E-state index contributed by atoms with van der Waals surface area (Å²) in [6.07, 6.45) is 0.870. The molecular formula is C22H24N4O. The highest BCUT2D eigenvalue weighted by Gasteiger charge is 2.15. The summed E-state index contributed by atoms with van der Waals surface area (Å²) in [5, 5.41) is 3.22. The third-order valence-electron chi connectivity index (χ3n) is 4.22. The molecule has 0 aliphatic heterocycles. The van der Waals surface area contributed by atoms with Gasteiger partial charge in [0.05, 0.1) is 0 Å². The van der Waals surface area contributed by atoms with Crippen molar-refractivity contribution in [2.24, 2.45) is 0 Å². The standard InChI is InChI=1S/C22H24N4O/c1-17-15-20(21(27)26(2)16-19-11-7-4-8-12-19)25-22(24-17)23-14-13-18-9-5-3-6-10-18/h3-12,15H,13-14,16H2,1-2H3,(H,23,24,25). The summed E-state index contributed by atoms with van der Waals surface area (Å²) in [6.45, 7) is 3.12. The minimum atomic E-state index is -0.115. The number of benzene rings is 2. The van der Waals surface area contributed by atoms with Crippen LogP contribution in [0.3, 0.4) is 0 Å². The lowest BCUT2D eigenvalue weighted by Gasteiger charge is -2.17.